The van der Waals surface area contributed by atoms with Crippen molar-refractivity contribution in [1.29, 1.82) is 5.26 Å². The van der Waals surface area contributed by atoms with Gasteiger partial charge < -0.3 is 10.4 Å². The Labute approximate surface area is 122 Å². The molecule has 0 aliphatic heterocycles. The Kier molecular flexibility index (Phi) is 3.49. The molecule has 0 saturated carbocycles. The van der Waals surface area contributed by atoms with Gasteiger partial charge in [-0.05, 0) is 54.7 Å². The zero-order valence-corrected chi connectivity index (χ0v) is 11.4. The van der Waals surface area contributed by atoms with Crippen LogP contribution < -0.4 is 5.32 Å². The minimum atomic E-state index is -0.510. The van der Waals surface area contributed by atoms with E-state index in [0.717, 1.165) is 30.4 Å². The zero-order chi connectivity index (χ0) is 14.8. The van der Waals surface area contributed by atoms with Crippen molar-refractivity contribution in [3.8, 4) is 11.8 Å². The summed E-state index contributed by atoms with van der Waals surface area (Å²) >= 11 is 0. The van der Waals surface area contributed by atoms with E-state index in [1.807, 2.05) is 12.1 Å². The van der Waals surface area contributed by atoms with Crippen molar-refractivity contribution in [2.45, 2.75) is 25.3 Å². The summed E-state index contributed by atoms with van der Waals surface area (Å²) in [7, 11) is 0. The molecule has 3 nitrogen and oxygen atoms in total. The number of hydrogen-bond donors (Lipinski definition) is 2. The summed E-state index contributed by atoms with van der Waals surface area (Å²) in [5.74, 6) is -0.248. The molecule has 0 amide bonds. The minimum absolute atomic E-state index is 0.0308. The van der Waals surface area contributed by atoms with Gasteiger partial charge in [0.05, 0.1) is 11.7 Å². The number of nitrogens with one attached hydrogen (secondary N) is 1. The van der Waals surface area contributed by atoms with E-state index >= 15 is 0 Å². The van der Waals surface area contributed by atoms with Crippen molar-refractivity contribution in [3.05, 3.63) is 58.9 Å². The van der Waals surface area contributed by atoms with Gasteiger partial charge in [0.15, 0.2) is 0 Å². The Morgan fingerprint density at radius 3 is 2.95 bits per heavy atom. The van der Waals surface area contributed by atoms with Crippen LogP contribution in [0.4, 0.5) is 10.1 Å². The molecule has 3 rings (SSSR count). The van der Waals surface area contributed by atoms with Gasteiger partial charge in [-0.3, -0.25) is 0 Å². The highest BCUT2D eigenvalue weighted by Gasteiger charge is 2.21. The highest BCUT2D eigenvalue weighted by molar-refractivity contribution is 5.59. The van der Waals surface area contributed by atoms with E-state index in [0.29, 0.717) is 5.69 Å². The molecule has 0 aromatic heterocycles. The van der Waals surface area contributed by atoms with Crippen LogP contribution in [0.5, 0.6) is 5.75 Å². The molecule has 0 fully saturated rings. The lowest BCUT2D eigenvalue weighted by Crippen LogP contribution is -2.18. The number of anilines is 1. The van der Waals surface area contributed by atoms with Crippen LogP contribution in [0.3, 0.4) is 0 Å². The Hall–Kier alpha value is -2.54. The van der Waals surface area contributed by atoms with Crippen molar-refractivity contribution in [2.75, 3.05) is 5.32 Å². The first kappa shape index (κ1) is 13.4. The van der Waals surface area contributed by atoms with E-state index < -0.39 is 5.82 Å². The number of nitrogens with zero attached hydrogens (tertiary/aromatic N) is 1. The van der Waals surface area contributed by atoms with Gasteiger partial charge in [0, 0.05) is 0 Å². The first-order valence-corrected chi connectivity index (χ1v) is 6.96. The number of phenolic OH excluding ortho intramolecular Hbond substituents is 1. The lowest BCUT2D eigenvalue weighted by molar-refractivity contribution is 0.472. The zero-order valence-electron chi connectivity index (χ0n) is 11.4. The number of rotatable bonds is 2. The molecule has 2 N–H and O–H groups in total. The Balaban J connectivity index is 1.95. The van der Waals surface area contributed by atoms with Gasteiger partial charge in [-0.2, -0.15) is 5.26 Å². The molecule has 1 aliphatic carbocycles. The van der Waals surface area contributed by atoms with E-state index in [-0.39, 0.29) is 17.4 Å². The van der Waals surface area contributed by atoms with E-state index in [9.17, 15) is 9.50 Å². The van der Waals surface area contributed by atoms with E-state index in [2.05, 4.69) is 5.32 Å². The van der Waals surface area contributed by atoms with Crippen LogP contribution in [0.25, 0.3) is 0 Å². The van der Waals surface area contributed by atoms with Gasteiger partial charge in [0.25, 0.3) is 0 Å². The average Bonchev–Trinajstić information content (AvgIpc) is 2.47. The Morgan fingerprint density at radius 2 is 2.14 bits per heavy atom. The number of nitriles is 1. The van der Waals surface area contributed by atoms with E-state index in [1.165, 1.54) is 6.07 Å². The molecule has 0 spiro atoms. The average molecular weight is 282 g/mol. The molecule has 1 atom stereocenters. The summed E-state index contributed by atoms with van der Waals surface area (Å²) in [5.41, 5.74) is 2.77. The van der Waals surface area contributed by atoms with Crippen LogP contribution >= 0.6 is 0 Å². The van der Waals surface area contributed by atoms with Gasteiger partial charge in [0.2, 0.25) is 0 Å². The molecule has 2 aromatic rings. The molecule has 0 bridgehead atoms. The third kappa shape index (κ3) is 2.55. The molecule has 106 valence electrons. The second kappa shape index (κ2) is 5.45. The van der Waals surface area contributed by atoms with Crippen LogP contribution in [0.1, 0.15) is 35.6 Å². The molecule has 1 aliphatic rings. The van der Waals surface area contributed by atoms with Crippen molar-refractivity contribution in [3.63, 3.8) is 0 Å². The molecule has 0 heterocycles. The highest BCUT2D eigenvalue weighted by Crippen LogP contribution is 2.35. The number of benzene rings is 2. The second-order valence-corrected chi connectivity index (χ2v) is 5.25. The van der Waals surface area contributed by atoms with E-state index in [4.69, 9.17) is 5.26 Å². The second-order valence-electron chi connectivity index (χ2n) is 5.25. The number of phenols is 1. The minimum Gasteiger partial charge on any atom is -0.508 e. The summed E-state index contributed by atoms with van der Waals surface area (Å²) in [5, 5.41) is 21.9. The number of aryl methyl sites for hydroxylation is 1. The fourth-order valence-corrected chi connectivity index (χ4v) is 2.90. The Morgan fingerprint density at radius 1 is 1.29 bits per heavy atom. The van der Waals surface area contributed by atoms with Crippen molar-refractivity contribution >= 4 is 5.69 Å². The topological polar surface area (TPSA) is 56.0 Å². The normalized spacial score (nSPS) is 16.9. The molecule has 1 unspecified atom stereocenters. The number of fused-ring (bicyclic) bond motifs is 1. The van der Waals surface area contributed by atoms with Crippen molar-refractivity contribution in [1.82, 2.24) is 0 Å². The predicted octanol–water partition coefficient (Wildman–Crippen LogP) is 3.89. The molecule has 0 saturated heterocycles. The smallest absolute Gasteiger partial charge is 0.143 e. The number of halogens is 1. The number of hydrogen-bond acceptors (Lipinski definition) is 3. The van der Waals surface area contributed by atoms with Crippen LogP contribution in [0.15, 0.2) is 36.4 Å². The maximum Gasteiger partial charge on any atom is 0.143 e. The van der Waals surface area contributed by atoms with Crippen LogP contribution in [0.2, 0.25) is 0 Å². The first-order chi connectivity index (χ1) is 10.2. The maximum atomic E-state index is 13.7. The van der Waals surface area contributed by atoms with Gasteiger partial charge in [-0.1, -0.05) is 12.1 Å². The molecule has 21 heavy (non-hydrogen) atoms. The molecule has 2 aromatic carbocycles. The van der Waals surface area contributed by atoms with Crippen LogP contribution in [0, 0.1) is 17.1 Å². The summed E-state index contributed by atoms with van der Waals surface area (Å²) in [6.45, 7) is 0. The van der Waals surface area contributed by atoms with E-state index in [1.54, 1.807) is 24.3 Å². The third-order valence-corrected chi connectivity index (χ3v) is 3.90. The molecular formula is C17H15FN2O. The quantitative estimate of drug-likeness (QED) is 0.878. The van der Waals surface area contributed by atoms with Gasteiger partial charge in [0.1, 0.15) is 23.2 Å². The van der Waals surface area contributed by atoms with Crippen LogP contribution in [-0.4, -0.2) is 5.11 Å². The summed E-state index contributed by atoms with van der Waals surface area (Å²) in [6, 6.07) is 11.9. The summed E-state index contributed by atoms with van der Waals surface area (Å²) in [4.78, 5) is 0. The van der Waals surface area contributed by atoms with Crippen LogP contribution in [-0.2, 0) is 6.42 Å². The fraction of sp³-hybridized carbons (Fsp3) is 0.235. The van der Waals surface area contributed by atoms with Gasteiger partial charge >= 0.3 is 0 Å². The monoisotopic (exact) mass is 282 g/mol. The molecule has 4 heteroatoms. The summed E-state index contributed by atoms with van der Waals surface area (Å²) < 4.78 is 13.7. The third-order valence-electron chi connectivity index (χ3n) is 3.90. The van der Waals surface area contributed by atoms with Crippen molar-refractivity contribution < 1.29 is 9.50 Å². The summed E-state index contributed by atoms with van der Waals surface area (Å²) in [6.07, 6.45) is 2.83. The van der Waals surface area contributed by atoms with Gasteiger partial charge in [-0.25, -0.2) is 4.39 Å². The maximum absolute atomic E-state index is 13.7. The van der Waals surface area contributed by atoms with Gasteiger partial charge in [-0.15, -0.1) is 0 Å². The van der Waals surface area contributed by atoms with Crippen molar-refractivity contribution in [2.24, 2.45) is 0 Å². The lowest BCUT2D eigenvalue weighted by Gasteiger charge is -2.27. The molecular weight excluding hydrogens is 267 g/mol. The number of aromatic hydroxyl groups is 1. The predicted molar refractivity (Wildman–Crippen MR) is 78.5 cm³/mol. The fourth-order valence-electron chi connectivity index (χ4n) is 2.90. The SMILES string of the molecule is N#Cc1c(F)cccc1NC1CCCc2cc(O)ccc21. The molecule has 0 radical (unpaired) electrons. The lowest BCUT2D eigenvalue weighted by atomic mass is 9.87. The highest BCUT2D eigenvalue weighted by atomic mass is 19.1. The largest absolute Gasteiger partial charge is 0.508 e. The standard InChI is InChI=1S/C17H15FN2O/c18-15-4-2-6-17(14(15)10-19)20-16-5-1-3-11-9-12(21)7-8-13(11)16/h2,4,6-9,16,20-21H,1,3,5H2. The Bertz CT molecular complexity index is 721. The first-order valence-electron chi connectivity index (χ1n) is 6.96.